The molecule has 142 valence electrons. The Morgan fingerprint density at radius 1 is 1.24 bits per heavy atom. The van der Waals surface area contributed by atoms with Gasteiger partial charge in [-0.3, -0.25) is 0 Å². The maximum atomic E-state index is 10.5. The van der Waals surface area contributed by atoms with E-state index in [1.165, 1.54) is 0 Å². The van der Waals surface area contributed by atoms with Gasteiger partial charge in [-0.1, -0.05) is 13.8 Å². The Hall–Kier alpha value is -1.37. The van der Waals surface area contributed by atoms with Crippen molar-refractivity contribution in [1.82, 2.24) is 5.32 Å². The van der Waals surface area contributed by atoms with Gasteiger partial charge in [-0.05, 0) is 19.8 Å². The molecule has 0 saturated carbocycles. The van der Waals surface area contributed by atoms with Gasteiger partial charge in [0.25, 0.3) is 0 Å². The van der Waals surface area contributed by atoms with E-state index in [1.54, 1.807) is 0 Å². The summed E-state index contributed by atoms with van der Waals surface area (Å²) < 4.78 is 17.5. The summed E-state index contributed by atoms with van der Waals surface area (Å²) in [5.74, 6) is 1.92. The van der Waals surface area contributed by atoms with Gasteiger partial charge < -0.3 is 29.7 Å². The number of aliphatic hydroxyl groups is 1. The molecule has 0 radical (unpaired) electrons. The van der Waals surface area contributed by atoms with E-state index < -0.39 is 6.10 Å². The molecule has 0 saturated heterocycles. The van der Waals surface area contributed by atoms with Crippen LogP contribution in [0.5, 0.6) is 23.0 Å². The molecular weight excluding hydrogens is 346 g/mol. The largest absolute Gasteiger partial charge is 0.507 e. The second-order valence-corrected chi connectivity index (χ2v) is 6.89. The highest BCUT2D eigenvalue weighted by atomic mass is 35.5. The van der Waals surface area contributed by atoms with Crippen LogP contribution in [-0.2, 0) is 12.8 Å². The van der Waals surface area contributed by atoms with Crippen LogP contribution in [0.25, 0.3) is 0 Å². The fraction of sp³-hybridized carbons (Fsp3) is 0.667. The Bertz CT molecular complexity index is 608. The van der Waals surface area contributed by atoms with Gasteiger partial charge in [0.2, 0.25) is 5.75 Å². The van der Waals surface area contributed by atoms with Crippen LogP contribution in [0.3, 0.4) is 0 Å². The quantitative estimate of drug-likeness (QED) is 0.709. The summed E-state index contributed by atoms with van der Waals surface area (Å²) in [5.41, 5.74) is 1.58. The molecule has 3 N–H and O–H groups in total. The third-order valence-electron chi connectivity index (χ3n) is 4.43. The summed E-state index contributed by atoms with van der Waals surface area (Å²) in [5, 5.41) is 23.8. The lowest BCUT2D eigenvalue weighted by atomic mass is 9.97. The van der Waals surface area contributed by atoms with Crippen molar-refractivity contribution in [2.75, 3.05) is 19.8 Å². The van der Waals surface area contributed by atoms with E-state index in [4.69, 9.17) is 14.2 Å². The van der Waals surface area contributed by atoms with Crippen LogP contribution >= 0.6 is 12.4 Å². The summed E-state index contributed by atoms with van der Waals surface area (Å²) in [6.07, 6.45) is 1.71. The maximum Gasteiger partial charge on any atom is 0.204 e. The van der Waals surface area contributed by atoms with Gasteiger partial charge in [0, 0.05) is 30.1 Å². The smallest absolute Gasteiger partial charge is 0.204 e. The molecule has 2 unspecified atom stereocenters. The van der Waals surface area contributed by atoms with E-state index in [1.807, 2.05) is 20.8 Å². The molecule has 2 heterocycles. The molecule has 7 heteroatoms. The Morgan fingerprint density at radius 3 is 2.68 bits per heavy atom. The monoisotopic (exact) mass is 373 g/mol. The zero-order chi connectivity index (χ0) is 17.3. The van der Waals surface area contributed by atoms with Crippen molar-refractivity contribution in [3.8, 4) is 23.0 Å². The van der Waals surface area contributed by atoms with E-state index in [0.29, 0.717) is 42.9 Å². The van der Waals surface area contributed by atoms with Crippen LogP contribution in [0.2, 0.25) is 0 Å². The lowest BCUT2D eigenvalue weighted by Gasteiger charge is -2.28. The fourth-order valence-electron chi connectivity index (χ4n) is 3.12. The molecule has 0 spiro atoms. The summed E-state index contributed by atoms with van der Waals surface area (Å²) in [6, 6.07) is 0.304. The minimum absolute atomic E-state index is 0. The number of rotatable bonds is 6. The number of nitrogens with one attached hydrogen (secondary N) is 1. The third-order valence-corrected chi connectivity index (χ3v) is 4.43. The van der Waals surface area contributed by atoms with Crippen molar-refractivity contribution in [3.05, 3.63) is 11.1 Å². The van der Waals surface area contributed by atoms with Crippen molar-refractivity contribution < 1.29 is 24.4 Å². The molecule has 1 aromatic rings. The molecule has 0 amide bonds. The predicted molar refractivity (Wildman–Crippen MR) is 97.6 cm³/mol. The molecular formula is C18H28ClNO5. The Kier molecular flexibility index (Phi) is 6.65. The number of halogens is 1. The molecule has 2 aliphatic rings. The number of phenols is 1. The summed E-state index contributed by atoms with van der Waals surface area (Å²) >= 11 is 0. The predicted octanol–water partition coefficient (Wildman–Crippen LogP) is 2.20. The van der Waals surface area contributed by atoms with E-state index in [-0.39, 0.29) is 30.9 Å². The standard InChI is InChI=1S/C18H27NO5.ClH/c1-10(2)19-8-12(20)9-23-18-16-14(6-7-22-16)15(21)13-5-4-11(3)24-17(13)18;/h10-12,19-21H,4-9H2,1-3H3;1H. The highest BCUT2D eigenvalue weighted by Crippen LogP contribution is 2.53. The second-order valence-electron chi connectivity index (χ2n) is 6.89. The van der Waals surface area contributed by atoms with Crippen molar-refractivity contribution in [2.45, 2.75) is 58.3 Å². The van der Waals surface area contributed by atoms with Crippen molar-refractivity contribution >= 4 is 12.4 Å². The first-order valence-electron chi connectivity index (χ1n) is 8.71. The second kappa shape index (κ2) is 8.34. The molecule has 25 heavy (non-hydrogen) atoms. The van der Waals surface area contributed by atoms with Crippen molar-refractivity contribution in [2.24, 2.45) is 0 Å². The van der Waals surface area contributed by atoms with Gasteiger partial charge in [0.05, 0.1) is 12.7 Å². The number of benzene rings is 1. The number of hydrogen-bond donors (Lipinski definition) is 3. The zero-order valence-electron chi connectivity index (χ0n) is 15.0. The number of phenolic OH excluding ortho intramolecular Hbond substituents is 1. The van der Waals surface area contributed by atoms with Crippen molar-refractivity contribution in [3.63, 3.8) is 0 Å². The highest BCUT2D eigenvalue weighted by molar-refractivity contribution is 5.85. The fourth-order valence-corrected chi connectivity index (χ4v) is 3.12. The molecule has 0 aromatic heterocycles. The van der Waals surface area contributed by atoms with Gasteiger partial charge in [-0.15, -0.1) is 12.4 Å². The van der Waals surface area contributed by atoms with Gasteiger partial charge >= 0.3 is 0 Å². The SMILES string of the molecule is CC(C)NCC(O)COc1c2c(c(O)c3c1OC(C)CC3)CCO2.Cl. The molecule has 3 rings (SSSR count). The minimum Gasteiger partial charge on any atom is -0.507 e. The average molecular weight is 374 g/mol. The topological polar surface area (TPSA) is 80.2 Å². The maximum absolute atomic E-state index is 10.5. The molecule has 2 atom stereocenters. The van der Waals surface area contributed by atoms with Crippen LogP contribution in [0, 0.1) is 0 Å². The Labute approximate surface area is 154 Å². The lowest BCUT2D eigenvalue weighted by molar-refractivity contribution is 0.0967. The zero-order valence-corrected chi connectivity index (χ0v) is 15.8. The van der Waals surface area contributed by atoms with E-state index in [0.717, 1.165) is 24.0 Å². The van der Waals surface area contributed by atoms with Crippen molar-refractivity contribution in [1.29, 1.82) is 0 Å². The minimum atomic E-state index is -0.630. The summed E-state index contributed by atoms with van der Waals surface area (Å²) in [6.45, 7) is 7.18. The van der Waals surface area contributed by atoms with Gasteiger partial charge in [-0.2, -0.15) is 0 Å². The van der Waals surface area contributed by atoms with E-state index in [2.05, 4.69) is 5.32 Å². The number of fused-ring (bicyclic) bond motifs is 2. The Morgan fingerprint density at radius 2 is 1.96 bits per heavy atom. The lowest BCUT2D eigenvalue weighted by Crippen LogP contribution is -2.35. The van der Waals surface area contributed by atoms with Crippen LogP contribution in [0.4, 0.5) is 0 Å². The Balaban J connectivity index is 0.00000225. The van der Waals surface area contributed by atoms with Gasteiger partial charge in [-0.25, -0.2) is 0 Å². The average Bonchev–Trinajstić information content (AvgIpc) is 3.02. The number of aliphatic hydroxyl groups excluding tert-OH is 1. The summed E-state index contributed by atoms with van der Waals surface area (Å²) in [7, 11) is 0. The summed E-state index contributed by atoms with van der Waals surface area (Å²) in [4.78, 5) is 0. The van der Waals surface area contributed by atoms with Gasteiger partial charge in [0.1, 0.15) is 18.5 Å². The highest BCUT2D eigenvalue weighted by Gasteiger charge is 2.33. The molecule has 2 aliphatic heterocycles. The first kappa shape index (κ1) is 19.9. The first-order valence-corrected chi connectivity index (χ1v) is 8.71. The molecule has 6 nitrogen and oxygen atoms in total. The third kappa shape index (κ3) is 4.25. The van der Waals surface area contributed by atoms with Crippen LogP contribution in [0.1, 0.15) is 38.3 Å². The number of ether oxygens (including phenoxy) is 3. The van der Waals surface area contributed by atoms with Crippen LogP contribution < -0.4 is 19.5 Å². The number of aromatic hydroxyl groups is 1. The normalized spacial score (nSPS) is 19.3. The molecule has 0 fully saturated rings. The van der Waals surface area contributed by atoms with E-state index in [9.17, 15) is 10.2 Å². The van der Waals surface area contributed by atoms with Crippen LogP contribution in [-0.4, -0.2) is 48.2 Å². The molecule has 0 bridgehead atoms. The first-order chi connectivity index (χ1) is 11.5. The van der Waals surface area contributed by atoms with Crippen LogP contribution in [0.15, 0.2) is 0 Å². The molecule has 0 aliphatic carbocycles. The molecule has 1 aromatic carbocycles. The van der Waals surface area contributed by atoms with E-state index >= 15 is 0 Å². The van der Waals surface area contributed by atoms with Gasteiger partial charge in [0.15, 0.2) is 11.5 Å². The number of hydrogen-bond acceptors (Lipinski definition) is 6.